The van der Waals surface area contributed by atoms with Crippen LogP contribution in [0.4, 0.5) is 11.4 Å². The van der Waals surface area contributed by atoms with Gasteiger partial charge in [-0.25, -0.2) is 0 Å². The molecular formula is C13H10N2O6. The van der Waals surface area contributed by atoms with Gasteiger partial charge in [-0.05, 0) is 24.3 Å². The first-order valence-corrected chi connectivity index (χ1v) is 5.70. The van der Waals surface area contributed by atoms with Crippen molar-refractivity contribution >= 4 is 17.3 Å². The number of hydrogen-bond acceptors (Lipinski definition) is 6. The maximum Gasteiger partial charge on any atom is 0.296 e. The van der Waals surface area contributed by atoms with Crippen LogP contribution in [0, 0.1) is 10.1 Å². The summed E-state index contributed by atoms with van der Waals surface area (Å²) in [5.41, 5.74) is -1.18. The zero-order valence-corrected chi connectivity index (χ0v) is 10.5. The molecule has 0 saturated heterocycles. The van der Waals surface area contributed by atoms with E-state index in [1.165, 1.54) is 18.2 Å². The van der Waals surface area contributed by atoms with E-state index in [-0.39, 0.29) is 11.3 Å². The predicted octanol–water partition coefficient (Wildman–Crippen LogP) is 1.96. The van der Waals surface area contributed by atoms with Gasteiger partial charge in [-0.3, -0.25) is 14.9 Å². The van der Waals surface area contributed by atoms with E-state index in [1.807, 2.05) is 0 Å². The van der Waals surface area contributed by atoms with E-state index in [0.717, 1.165) is 18.2 Å². The van der Waals surface area contributed by atoms with Crippen molar-refractivity contribution in [1.82, 2.24) is 0 Å². The van der Waals surface area contributed by atoms with Crippen molar-refractivity contribution in [2.75, 3.05) is 5.32 Å². The minimum atomic E-state index is -0.909. The molecule has 2 aromatic carbocycles. The zero-order valence-electron chi connectivity index (χ0n) is 10.5. The smallest absolute Gasteiger partial charge is 0.296 e. The summed E-state index contributed by atoms with van der Waals surface area (Å²) in [6, 6.07) is 6.81. The minimum Gasteiger partial charge on any atom is -0.508 e. The molecule has 0 aliphatic rings. The first kappa shape index (κ1) is 14.1. The Balaban J connectivity index is 2.41. The molecule has 0 unspecified atom stereocenters. The summed E-state index contributed by atoms with van der Waals surface area (Å²) >= 11 is 0. The van der Waals surface area contributed by atoms with Crippen molar-refractivity contribution in [3.8, 4) is 17.2 Å². The van der Waals surface area contributed by atoms with Gasteiger partial charge >= 0.3 is 0 Å². The summed E-state index contributed by atoms with van der Waals surface area (Å²) in [5.74, 6) is -2.07. The number of nitrogens with one attached hydrogen (secondary N) is 1. The second-order valence-electron chi connectivity index (χ2n) is 4.08. The van der Waals surface area contributed by atoms with Crippen molar-refractivity contribution in [3.05, 3.63) is 52.1 Å². The molecule has 0 saturated carbocycles. The summed E-state index contributed by atoms with van der Waals surface area (Å²) in [5, 5.41) is 41.5. The van der Waals surface area contributed by atoms with E-state index < -0.39 is 33.7 Å². The molecule has 2 rings (SSSR count). The number of hydrogen-bond donors (Lipinski definition) is 4. The number of carbonyl (C=O) groups excluding carboxylic acids is 1. The van der Waals surface area contributed by atoms with E-state index in [1.54, 1.807) is 0 Å². The van der Waals surface area contributed by atoms with Crippen LogP contribution in [0.2, 0.25) is 0 Å². The van der Waals surface area contributed by atoms with Crippen molar-refractivity contribution in [2.24, 2.45) is 0 Å². The lowest BCUT2D eigenvalue weighted by atomic mass is 10.1. The third kappa shape index (κ3) is 2.84. The molecule has 0 spiro atoms. The Labute approximate surface area is 118 Å². The lowest BCUT2D eigenvalue weighted by molar-refractivity contribution is -0.384. The molecule has 0 atom stereocenters. The Morgan fingerprint density at radius 3 is 2.48 bits per heavy atom. The van der Waals surface area contributed by atoms with E-state index in [4.69, 9.17) is 0 Å². The van der Waals surface area contributed by atoms with Crippen molar-refractivity contribution in [2.45, 2.75) is 0 Å². The Hall–Kier alpha value is -3.29. The molecular weight excluding hydrogens is 280 g/mol. The normalized spacial score (nSPS) is 10.1. The van der Waals surface area contributed by atoms with Gasteiger partial charge in [0.2, 0.25) is 0 Å². The van der Waals surface area contributed by atoms with Crippen LogP contribution in [0.1, 0.15) is 10.4 Å². The van der Waals surface area contributed by atoms with Gasteiger partial charge in [0, 0.05) is 6.07 Å². The van der Waals surface area contributed by atoms with Crippen molar-refractivity contribution < 1.29 is 25.0 Å². The maximum atomic E-state index is 12.0. The molecule has 0 aliphatic heterocycles. The fraction of sp³-hybridized carbons (Fsp3) is 0. The standard InChI is InChI=1S/C13H10N2O6/c16-7-4-5-10(17)8(6-7)13(19)14-12-9(15(20)21)2-1-3-11(12)18/h1-6,16-18H,(H,14,19). The van der Waals surface area contributed by atoms with Gasteiger partial charge in [0.15, 0.2) is 5.69 Å². The van der Waals surface area contributed by atoms with Gasteiger partial charge in [0.1, 0.15) is 17.2 Å². The van der Waals surface area contributed by atoms with Crippen LogP contribution in [0.5, 0.6) is 17.2 Å². The number of nitro groups is 1. The molecule has 8 nitrogen and oxygen atoms in total. The van der Waals surface area contributed by atoms with Crippen LogP contribution in [-0.2, 0) is 0 Å². The van der Waals surface area contributed by atoms with Crippen molar-refractivity contribution in [1.29, 1.82) is 0 Å². The number of rotatable bonds is 3. The summed E-state index contributed by atoms with van der Waals surface area (Å²) in [6.07, 6.45) is 0. The predicted molar refractivity (Wildman–Crippen MR) is 72.5 cm³/mol. The number of nitrogens with zero attached hydrogens (tertiary/aromatic N) is 1. The summed E-state index contributed by atoms with van der Waals surface area (Å²) in [4.78, 5) is 22.1. The molecule has 21 heavy (non-hydrogen) atoms. The molecule has 0 bridgehead atoms. The van der Waals surface area contributed by atoms with Crippen LogP contribution in [-0.4, -0.2) is 26.2 Å². The Kier molecular flexibility index (Phi) is 3.61. The molecule has 4 N–H and O–H groups in total. The average Bonchev–Trinajstić information content (AvgIpc) is 2.43. The molecule has 0 radical (unpaired) electrons. The van der Waals surface area contributed by atoms with Gasteiger partial charge in [-0.1, -0.05) is 6.07 Å². The van der Waals surface area contributed by atoms with E-state index >= 15 is 0 Å². The minimum absolute atomic E-state index is 0.260. The molecule has 108 valence electrons. The monoisotopic (exact) mass is 290 g/mol. The SMILES string of the molecule is O=C(Nc1c(O)cccc1[N+](=O)[O-])c1cc(O)ccc1O. The summed E-state index contributed by atoms with van der Waals surface area (Å²) in [7, 11) is 0. The quantitative estimate of drug-likeness (QED) is 0.295. The fourth-order valence-electron chi connectivity index (χ4n) is 1.70. The number of amides is 1. The third-order valence-corrected chi connectivity index (χ3v) is 2.68. The topological polar surface area (TPSA) is 133 Å². The van der Waals surface area contributed by atoms with E-state index in [9.17, 15) is 30.2 Å². The van der Waals surface area contributed by atoms with E-state index in [2.05, 4.69) is 5.32 Å². The number of para-hydroxylation sites is 1. The van der Waals surface area contributed by atoms with Gasteiger partial charge < -0.3 is 20.6 Å². The number of phenols is 3. The van der Waals surface area contributed by atoms with E-state index in [0.29, 0.717) is 0 Å². The molecule has 0 fully saturated rings. The number of carbonyl (C=O) groups is 1. The number of anilines is 1. The molecule has 0 aliphatic carbocycles. The Bertz CT molecular complexity index is 729. The van der Waals surface area contributed by atoms with Crippen LogP contribution < -0.4 is 5.32 Å². The first-order valence-electron chi connectivity index (χ1n) is 5.70. The maximum absolute atomic E-state index is 12.0. The molecule has 8 heteroatoms. The zero-order chi connectivity index (χ0) is 15.6. The Morgan fingerprint density at radius 2 is 1.81 bits per heavy atom. The second kappa shape index (κ2) is 5.37. The number of benzene rings is 2. The Morgan fingerprint density at radius 1 is 1.10 bits per heavy atom. The number of nitro benzene ring substituents is 1. The van der Waals surface area contributed by atoms with Crippen molar-refractivity contribution in [3.63, 3.8) is 0 Å². The highest BCUT2D eigenvalue weighted by atomic mass is 16.6. The van der Waals surface area contributed by atoms with Crippen LogP contribution in [0.3, 0.4) is 0 Å². The highest BCUT2D eigenvalue weighted by molar-refractivity contribution is 6.08. The second-order valence-corrected chi connectivity index (χ2v) is 4.08. The molecule has 0 aromatic heterocycles. The highest BCUT2D eigenvalue weighted by Crippen LogP contribution is 2.34. The average molecular weight is 290 g/mol. The van der Waals surface area contributed by atoms with Crippen LogP contribution in [0.25, 0.3) is 0 Å². The lowest BCUT2D eigenvalue weighted by Gasteiger charge is -2.09. The number of aromatic hydroxyl groups is 3. The fourth-order valence-corrected chi connectivity index (χ4v) is 1.70. The molecule has 1 amide bonds. The largest absolute Gasteiger partial charge is 0.508 e. The van der Waals surface area contributed by atoms with Gasteiger partial charge in [-0.15, -0.1) is 0 Å². The summed E-state index contributed by atoms with van der Waals surface area (Å²) in [6.45, 7) is 0. The molecule has 0 heterocycles. The van der Waals surface area contributed by atoms with Gasteiger partial charge in [0.05, 0.1) is 10.5 Å². The van der Waals surface area contributed by atoms with Gasteiger partial charge in [-0.2, -0.15) is 0 Å². The lowest BCUT2D eigenvalue weighted by Crippen LogP contribution is -2.13. The van der Waals surface area contributed by atoms with Crippen LogP contribution >= 0.6 is 0 Å². The summed E-state index contributed by atoms with van der Waals surface area (Å²) < 4.78 is 0. The third-order valence-electron chi connectivity index (χ3n) is 2.68. The first-order chi connectivity index (χ1) is 9.90. The highest BCUT2D eigenvalue weighted by Gasteiger charge is 2.21. The van der Waals surface area contributed by atoms with Crippen LogP contribution in [0.15, 0.2) is 36.4 Å². The number of phenolic OH excluding ortho intramolecular Hbond substituents is 3. The van der Waals surface area contributed by atoms with Gasteiger partial charge in [0.25, 0.3) is 11.6 Å². The molecule has 2 aromatic rings.